The zero-order chi connectivity index (χ0) is 16.4. The van der Waals surface area contributed by atoms with Crippen molar-refractivity contribution in [2.75, 3.05) is 13.2 Å². The Kier molecular flexibility index (Phi) is 4.25. The minimum atomic E-state index is 0.0483. The quantitative estimate of drug-likeness (QED) is 0.854. The molecule has 1 aliphatic heterocycles. The van der Waals surface area contributed by atoms with Gasteiger partial charge in [-0.05, 0) is 18.1 Å². The van der Waals surface area contributed by atoms with E-state index >= 15 is 0 Å². The molecule has 2 atom stereocenters. The smallest absolute Gasteiger partial charge is 0.246 e. The van der Waals surface area contributed by atoms with Gasteiger partial charge < -0.3 is 9.64 Å². The van der Waals surface area contributed by atoms with E-state index in [-0.39, 0.29) is 24.6 Å². The van der Waals surface area contributed by atoms with Crippen LogP contribution in [0.5, 0.6) is 0 Å². The van der Waals surface area contributed by atoms with Gasteiger partial charge in [0.15, 0.2) is 0 Å². The lowest BCUT2D eigenvalue weighted by molar-refractivity contribution is -0.150. The van der Waals surface area contributed by atoms with Gasteiger partial charge in [0.05, 0.1) is 18.8 Å². The topological polar surface area (TPSA) is 73.1 Å². The summed E-state index contributed by atoms with van der Waals surface area (Å²) < 4.78 is 5.83. The standard InChI is InChI=1S/C17H21N5O2/c23-16(21-10-11-24-15-9-5-4-8-14(15)21)12-22-19-17(18-20-22)13-6-2-1-3-7-13/h1-3,6-7,14-15H,4-5,8-12H2/t14-,15-/m0/s1. The molecule has 2 heterocycles. The van der Waals surface area contributed by atoms with Crippen LogP contribution in [0.3, 0.4) is 0 Å². The molecule has 7 nitrogen and oxygen atoms in total. The van der Waals surface area contributed by atoms with E-state index in [2.05, 4.69) is 15.4 Å². The molecule has 2 fully saturated rings. The third-order valence-corrected chi connectivity index (χ3v) is 4.81. The van der Waals surface area contributed by atoms with Crippen molar-refractivity contribution in [3.63, 3.8) is 0 Å². The number of rotatable bonds is 3. The van der Waals surface area contributed by atoms with Crippen LogP contribution in [0.4, 0.5) is 0 Å². The molecule has 1 amide bonds. The minimum Gasteiger partial charge on any atom is -0.374 e. The number of amides is 1. The van der Waals surface area contributed by atoms with Crippen LogP contribution in [-0.2, 0) is 16.1 Å². The van der Waals surface area contributed by atoms with E-state index in [1.165, 1.54) is 11.2 Å². The number of tetrazole rings is 1. The largest absolute Gasteiger partial charge is 0.374 e. The molecule has 4 rings (SSSR count). The minimum absolute atomic E-state index is 0.0483. The SMILES string of the molecule is O=C(Cn1nnc(-c2ccccc2)n1)N1CCO[C@H]2CCCC[C@@H]21. The molecular formula is C17H21N5O2. The lowest BCUT2D eigenvalue weighted by Crippen LogP contribution is -2.55. The average molecular weight is 327 g/mol. The third-order valence-electron chi connectivity index (χ3n) is 4.81. The highest BCUT2D eigenvalue weighted by molar-refractivity contribution is 5.76. The Bertz CT molecular complexity index is 700. The molecule has 1 saturated heterocycles. The van der Waals surface area contributed by atoms with E-state index in [0.717, 1.165) is 24.8 Å². The molecule has 7 heteroatoms. The third kappa shape index (κ3) is 3.03. The van der Waals surface area contributed by atoms with E-state index < -0.39 is 0 Å². The molecule has 0 radical (unpaired) electrons. The molecule has 0 unspecified atom stereocenters. The maximum Gasteiger partial charge on any atom is 0.246 e. The van der Waals surface area contributed by atoms with Crippen molar-refractivity contribution in [1.82, 2.24) is 25.1 Å². The second-order valence-corrected chi connectivity index (χ2v) is 6.36. The summed E-state index contributed by atoms with van der Waals surface area (Å²) in [5, 5.41) is 12.4. The molecule has 1 aromatic heterocycles. The molecule has 0 N–H and O–H groups in total. The summed E-state index contributed by atoms with van der Waals surface area (Å²) in [5.41, 5.74) is 0.898. The summed E-state index contributed by atoms with van der Waals surface area (Å²) in [7, 11) is 0. The molecule has 1 aromatic carbocycles. The highest BCUT2D eigenvalue weighted by Gasteiger charge is 2.36. The van der Waals surface area contributed by atoms with Crippen LogP contribution in [0.15, 0.2) is 30.3 Å². The van der Waals surface area contributed by atoms with Crippen LogP contribution in [0.25, 0.3) is 11.4 Å². The van der Waals surface area contributed by atoms with Crippen LogP contribution in [0, 0.1) is 0 Å². The number of carbonyl (C=O) groups excluding carboxylic acids is 1. The fraction of sp³-hybridized carbons (Fsp3) is 0.529. The second-order valence-electron chi connectivity index (χ2n) is 6.36. The summed E-state index contributed by atoms with van der Waals surface area (Å²) in [6.45, 7) is 1.40. The molecule has 2 aromatic rings. The Hall–Kier alpha value is -2.28. The van der Waals surface area contributed by atoms with Crippen molar-refractivity contribution >= 4 is 5.91 Å². The number of nitrogens with zero attached hydrogens (tertiary/aromatic N) is 5. The van der Waals surface area contributed by atoms with E-state index in [9.17, 15) is 4.79 Å². The molecule has 24 heavy (non-hydrogen) atoms. The lowest BCUT2D eigenvalue weighted by Gasteiger charge is -2.43. The number of aromatic nitrogens is 4. The molecule has 126 valence electrons. The van der Waals surface area contributed by atoms with Gasteiger partial charge >= 0.3 is 0 Å². The van der Waals surface area contributed by atoms with E-state index in [1.807, 2.05) is 35.2 Å². The first-order chi connectivity index (χ1) is 11.8. The van der Waals surface area contributed by atoms with Crippen molar-refractivity contribution in [2.24, 2.45) is 0 Å². The van der Waals surface area contributed by atoms with Crippen LogP contribution < -0.4 is 0 Å². The molecule has 0 bridgehead atoms. The average Bonchev–Trinajstić information content (AvgIpc) is 3.10. The van der Waals surface area contributed by atoms with Gasteiger partial charge in [-0.3, -0.25) is 4.79 Å². The van der Waals surface area contributed by atoms with Crippen LogP contribution in [0.2, 0.25) is 0 Å². The Balaban J connectivity index is 1.45. The maximum atomic E-state index is 12.7. The fourth-order valence-electron chi connectivity index (χ4n) is 3.63. The number of hydrogen-bond acceptors (Lipinski definition) is 5. The van der Waals surface area contributed by atoms with Gasteiger partial charge in [-0.25, -0.2) is 0 Å². The molecule has 1 aliphatic carbocycles. The van der Waals surface area contributed by atoms with Gasteiger partial charge in [0, 0.05) is 12.1 Å². The Labute approximate surface area is 140 Å². The summed E-state index contributed by atoms with van der Waals surface area (Å²) in [6.07, 6.45) is 4.62. The number of fused-ring (bicyclic) bond motifs is 1. The number of carbonyl (C=O) groups is 1. The second kappa shape index (κ2) is 6.68. The molecule has 2 aliphatic rings. The Morgan fingerprint density at radius 3 is 2.92 bits per heavy atom. The van der Waals surface area contributed by atoms with Crippen LogP contribution >= 0.6 is 0 Å². The number of ether oxygens (including phenoxy) is 1. The number of morpholine rings is 1. The first kappa shape index (κ1) is 15.3. The van der Waals surface area contributed by atoms with Gasteiger partial charge in [0.1, 0.15) is 6.54 Å². The number of hydrogen-bond donors (Lipinski definition) is 0. The summed E-state index contributed by atoms with van der Waals surface area (Å²) in [4.78, 5) is 16.1. The van der Waals surface area contributed by atoms with Crippen molar-refractivity contribution in [3.8, 4) is 11.4 Å². The normalized spacial score (nSPS) is 23.8. The van der Waals surface area contributed by atoms with Crippen LogP contribution in [0.1, 0.15) is 25.7 Å². The van der Waals surface area contributed by atoms with Crippen molar-refractivity contribution < 1.29 is 9.53 Å². The van der Waals surface area contributed by atoms with E-state index in [0.29, 0.717) is 19.0 Å². The molecule has 0 spiro atoms. The number of benzene rings is 1. The highest BCUT2D eigenvalue weighted by Crippen LogP contribution is 2.28. The van der Waals surface area contributed by atoms with Gasteiger partial charge in [-0.1, -0.05) is 43.2 Å². The van der Waals surface area contributed by atoms with Crippen LogP contribution in [-0.4, -0.2) is 56.3 Å². The van der Waals surface area contributed by atoms with Crippen molar-refractivity contribution in [2.45, 2.75) is 44.4 Å². The lowest BCUT2D eigenvalue weighted by atomic mass is 9.90. The van der Waals surface area contributed by atoms with Gasteiger partial charge in [-0.15, -0.1) is 10.2 Å². The van der Waals surface area contributed by atoms with Gasteiger partial charge in [0.2, 0.25) is 11.7 Å². The summed E-state index contributed by atoms with van der Waals surface area (Å²) in [6, 6.07) is 9.86. The summed E-state index contributed by atoms with van der Waals surface area (Å²) >= 11 is 0. The first-order valence-electron chi connectivity index (χ1n) is 8.55. The first-order valence-corrected chi connectivity index (χ1v) is 8.55. The van der Waals surface area contributed by atoms with E-state index in [4.69, 9.17) is 4.74 Å². The van der Waals surface area contributed by atoms with Crippen molar-refractivity contribution in [3.05, 3.63) is 30.3 Å². The predicted octanol–water partition coefficient (Wildman–Crippen LogP) is 1.51. The predicted molar refractivity (Wildman–Crippen MR) is 87.0 cm³/mol. The monoisotopic (exact) mass is 327 g/mol. The Morgan fingerprint density at radius 2 is 2.04 bits per heavy atom. The molecule has 1 saturated carbocycles. The van der Waals surface area contributed by atoms with E-state index in [1.54, 1.807) is 0 Å². The molecular weight excluding hydrogens is 306 g/mol. The highest BCUT2D eigenvalue weighted by atomic mass is 16.5. The summed E-state index contributed by atoms with van der Waals surface area (Å²) in [5.74, 6) is 0.591. The van der Waals surface area contributed by atoms with Gasteiger partial charge in [-0.2, -0.15) is 4.80 Å². The fourth-order valence-corrected chi connectivity index (χ4v) is 3.63. The zero-order valence-corrected chi connectivity index (χ0v) is 13.5. The zero-order valence-electron chi connectivity index (χ0n) is 13.5. The Morgan fingerprint density at radius 1 is 1.21 bits per heavy atom. The maximum absolute atomic E-state index is 12.7. The van der Waals surface area contributed by atoms with Crippen molar-refractivity contribution in [1.29, 1.82) is 0 Å². The van der Waals surface area contributed by atoms with Gasteiger partial charge in [0.25, 0.3) is 0 Å².